The monoisotopic (exact) mass is 734 g/mol. The minimum atomic E-state index is -1.27. The van der Waals surface area contributed by atoms with Crippen molar-refractivity contribution in [1.82, 2.24) is 15.3 Å². The van der Waals surface area contributed by atoms with Gasteiger partial charge in [0, 0.05) is 23.2 Å². The number of aliphatic hydroxyl groups is 1. The van der Waals surface area contributed by atoms with E-state index in [0.717, 1.165) is 65.1 Å². The number of aliphatic hydroxyl groups excluding tert-OH is 1. The molecule has 6 rings (SSSR count). The summed E-state index contributed by atoms with van der Waals surface area (Å²) in [6, 6.07) is 17.9. The highest BCUT2D eigenvalue weighted by atomic mass is 79.9. The van der Waals surface area contributed by atoms with Crippen LogP contribution in [0.1, 0.15) is 48.1 Å². The standard InChI is InChI=1S/C36H36BrClN4O6/c1-36(19-43,35(44)45)15-14-20-18-27(37)34(42-32(20)46-2)48-29-13-11-22-21(6-4-7-23(22)29)24-8-5-9-25(30(24)38)28-12-10-26(33(41-28)47-3)31-39-16-17-40-31/h4-10,12,18,29,43H,11,13-17,19H2,1-3H3,(H,39,40)(H,44,45)/t29-,36-/m0/s1. The number of pyridine rings is 2. The number of carboxylic acid groups (broad SMARTS) is 1. The van der Waals surface area contributed by atoms with Crippen molar-refractivity contribution in [2.45, 2.75) is 38.7 Å². The summed E-state index contributed by atoms with van der Waals surface area (Å²) in [5, 5.41) is 23.1. The summed E-state index contributed by atoms with van der Waals surface area (Å²) in [5.74, 6) is 0.933. The highest BCUT2D eigenvalue weighted by Gasteiger charge is 2.33. The van der Waals surface area contributed by atoms with Gasteiger partial charge in [-0.05, 0) is 83.4 Å². The molecule has 2 aromatic heterocycles. The SMILES string of the molecule is COc1nc(O[C@H]2CCc3c(-c4cccc(-c5ccc(C6=NCCN6)c(OC)n5)c4Cl)cccc32)c(Br)cc1CC[C@@](C)(CO)C(=O)O. The average Bonchev–Trinajstić information content (AvgIpc) is 3.79. The van der Waals surface area contributed by atoms with Gasteiger partial charge in [-0.3, -0.25) is 9.79 Å². The summed E-state index contributed by atoms with van der Waals surface area (Å²) in [5.41, 5.74) is 5.91. The van der Waals surface area contributed by atoms with Crippen LogP contribution in [-0.4, -0.2) is 65.9 Å². The first-order valence-corrected chi connectivity index (χ1v) is 16.8. The van der Waals surface area contributed by atoms with E-state index in [1.807, 2.05) is 42.5 Å². The topological polar surface area (TPSA) is 135 Å². The molecule has 2 aliphatic rings. The van der Waals surface area contributed by atoms with E-state index in [0.29, 0.717) is 44.8 Å². The molecule has 48 heavy (non-hydrogen) atoms. The van der Waals surface area contributed by atoms with Crippen LogP contribution in [0.2, 0.25) is 5.02 Å². The third kappa shape index (κ3) is 6.46. The molecular weight excluding hydrogens is 700 g/mol. The molecule has 250 valence electrons. The Morgan fingerprint density at radius 1 is 1.02 bits per heavy atom. The number of hydrogen-bond donors (Lipinski definition) is 3. The number of aryl methyl sites for hydroxylation is 1. The number of hydrogen-bond acceptors (Lipinski definition) is 9. The molecule has 0 saturated carbocycles. The number of carboxylic acids is 1. The van der Waals surface area contributed by atoms with Crippen molar-refractivity contribution in [1.29, 1.82) is 0 Å². The molecule has 0 saturated heterocycles. The van der Waals surface area contributed by atoms with E-state index in [4.69, 9.17) is 30.8 Å². The molecule has 1 aliphatic carbocycles. The number of methoxy groups -OCH3 is 2. The van der Waals surface area contributed by atoms with Crippen LogP contribution in [0, 0.1) is 5.41 Å². The van der Waals surface area contributed by atoms with Crippen LogP contribution in [-0.2, 0) is 17.6 Å². The van der Waals surface area contributed by atoms with Crippen molar-refractivity contribution in [3.8, 4) is 40.0 Å². The zero-order valence-electron chi connectivity index (χ0n) is 26.8. The third-order valence-corrected chi connectivity index (χ3v) is 9.98. The van der Waals surface area contributed by atoms with E-state index in [1.165, 1.54) is 14.0 Å². The van der Waals surface area contributed by atoms with Gasteiger partial charge in [-0.25, -0.2) is 4.98 Å². The van der Waals surface area contributed by atoms with Crippen LogP contribution in [0.25, 0.3) is 22.4 Å². The van der Waals surface area contributed by atoms with E-state index < -0.39 is 18.0 Å². The maximum Gasteiger partial charge on any atom is 0.311 e. The minimum Gasteiger partial charge on any atom is -0.481 e. The second kappa shape index (κ2) is 14.1. The Bertz CT molecular complexity index is 1900. The van der Waals surface area contributed by atoms with Gasteiger partial charge in [-0.1, -0.05) is 48.0 Å². The summed E-state index contributed by atoms with van der Waals surface area (Å²) in [6.45, 7) is 2.56. The highest BCUT2D eigenvalue weighted by Crippen LogP contribution is 2.45. The number of nitrogens with one attached hydrogen (secondary N) is 1. The van der Waals surface area contributed by atoms with Crippen molar-refractivity contribution in [3.05, 3.63) is 86.3 Å². The molecule has 3 heterocycles. The van der Waals surface area contributed by atoms with E-state index in [1.54, 1.807) is 7.11 Å². The predicted octanol–water partition coefficient (Wildman–Crippen LogP) is 6.68. The van der Waals surface area contributed by atoms with Crippen molar-refractivity contribution >= 4 is 39.3 Å². The van der Waals surface area contributed by atoms with Gasteiger partial charge in [-0.15, -0.1) is 0 Å². The Balaban J connectivity index is 1.27. The molecule has 0 fully saturated rings. The van der Waals surface area contributed by atoms with Crippen molar-refractivity contribution in [2.24, 2.45) is 10.4 Å². The van der Waals surface area contributed by atoms with Gasteiger partial charge in [0.2, 0.25) is 17.6 Å². The molecule has 2 aromatic carbocycles. The predicted molar refractivity (Wildman–Crippen MR) is 187 cm³/mol. The van der Waals surface area contributed by atoms with Crippen LogP contribution in [0.3, 0.4) is 0 Å². The first-order valence-electron chi connectivity index (χ1n) is 15.7. The molecule has 0 radical (unpaired) electrons. The summed E-state index contributed by atoms with van der Waals surface area (Å²) < 4.78 is 18.3. The maximum absolute atomic E-state index is 11.7. The molecule has 2 atom stereocenters. The Hall–Kier alpha value is -4.19. The molecule has 1 aliphatic heterocycles. The maximum atomic E-state index is 11.7. The lowest BCUT2D eigenvalue weighted by Gasteiger charge is -2.22. The third-order valence-electron chi connectivity index (χ3n) is 9.01. The molecule has 0 spiro atoms. The number of aromatic nitrogens is 2. The number of ether oxygens (including phenoxy) is 3. The number of aliphatic carboxylic acids is 1. The van der Waals surface area contributed by atoms with E-state index >= 15 is 0 Å². The second-order valence-electron chi connectivity index (χ2n) is 12.1. The minimum absolute atomic E-state index is 0.216. The Kier molecular flexibility index (Phi) is 9.91. The molecule has 0 unspecified atom stereocenters. The normalized spacial score (nSPS) is 16.5. The molecular formula is C36H36BrClN4O6. The van der Waals surface area contributed by atoms with Gasteiger partial charge in [0.15, 0.2) is 0 Å². The Morgan fingerprint density at radius 3 is 2.48 bits per heavy atom. The summed E-state index contributed by atoms with van der Waals surface area (Å²) in [6.07, 6.45) is 1.85. The molecule has 10 nitrogen and oxygen atoms in total. The number of benzene rings is 2. The van der Waals surface area contributed by atoms with E-state index in [2.05, 4.69) is 43.4 Å². The van der Waals surface area contributed by atoms with Gasteiger partial charge in [-0.2, -0.15) is 4.98 Å². The number of amidine groups is 1. The van der Waals surface area contributed by atoms with Gasteiger partial charge < -0.3 is 29.7 Å². The fourth-order valence-corrected chi connectivity index (χ4v) is 6.95. The first-order chi connectivity index (χ1) is 23.2. The fraction of sp³-hybridized carbons (Fsp3) is 0.333. The summed E-state index contributed by atoms with van der Waals surface area (Å²) in [4.78, 5) is 25.6. The zero-order valence-corrected chi connectivity index (χ0v) is 29.2. The Labute approximate surface area is 292 Å². The van der Waals surface area contributed by atoms with Crippen LogP contribution < -0.4 is 19.5 Å². The number of nitrogens with zero attached hydrogens (tertiary/aromatic N) is 3. The van der Waals surface area contributed by atoms with Crippen molar-refractivity contribution < 1.29 is 29.2 Å². The molecule has 3 N–H and O–H groups in total. The van der Waals surface area contributed by atoms with E-state index in [9.17, 15) is 15.0 Å². The van der Waals surface area contributed by atoms with Gasteiger partial charge in [0.05, 0.1) is 53.5 Å². The van der Waals surface area contributed by atoms with Gasteiger partial charge in [0.25, 0.3) is 0 Å². The van der Waals surface area contributed by atoms with E-state index in [-0.39, 0.29) is 12.5 Å². The van der Waals surface area contributed by atoms with Crippen molar-refractivity contribution in [3.63, 3.8) is 0 Å². The molecule has 0 bridgehead atoms. The van der Waals surface area contributed by atoms with Gasteiger partial charge in [0.1, 0.15) is 11.9 Å². The Morgan fingerprint density at radius 2 is 1.77 bits per heavy atom. The zero-order chi connectivity index (χ0) is 34.0. The molecule has 12 heteroatoms. The summed E-state index contributed by atoms with van der Waals surface area (Å²) in [7, 11) is 3.12. The largest absolute Gasteiger partial charge is 0.481 e. The lowest BCUT2D eigenvalue weighted by Crippen LogP contribution is -2.32. The summed E-state index contributed by atoms with van der Waals surface area (Å²) >= 11 is 10.7. The molecule has 0 amide bonds. The number of rotatable bonds is 12. The number of fused-ring (bicyclic) bond motifs is 1. The number of halogens is 2. The molecule has 4 aromatic rings. The number of carbonyl (C=O) groups is 1. The smallest absolute Gasteiger partial charge is 0.311 e. The number of aliphatic imine (C=N–C) groups is 1. The lowest BCUT2D eigenvalue weighted by molar-refractivity contribution is -0.150. The quantitative estimate of drug-likeness (QED) is 0.146. The van der Waals surface area contributed by atoms with Crippen LogP contribution in [0.4, 0.5) is 0 Å². The first kappa shape index (κ1) is 33.7. The van der Waals surface area contributed by atoms with Crippen molar-refractivity contribution in [2.75, 3.05) is 33.9 Å². The average molecular weight is 736 g/mol. The highest BCUT2D eigenvalue weighted by molar-refractivity contribution is 9.10. The van der Waals surface area contributed by atoms with Crippen LogP contribution >= 0.6 is 27.5 Å². The van der Waals surface area contributed by atoms with Crippen LogP contribution in [0.5, 0.6) is 17.6 Å². The second-order valence-corrected chi connectivity index (χ2v) is 13.3. The van der Waals surface area contributed by atoms with Crippen LogP contribution in [0.15, 0.2) is 64.1 Å². The lowest BCUT2D eigenvalue weighted by atomic mass is 9.85. The fourth-order valence-electron chi connectivity index (χ4n) is 6.16. The van der Waals surface area contributed by atoms with Gasteiger partial charge >= 0.3 is 5.97 Å².